The summed E-state index contributed by atoms with van der Waals surface area (Å²) in [5.41, 5.74) is 7.04. The lowest BCUT2D eigenvalue weighted by atomic mass is 10.1. The molecule has 2 rings (SSSR count). The third kappa shape index (κ3) is 3.55. The van der Waals surface area contributed by atoms with Gasteiger partial charge in [-0.05, 0) is 11.6 Å². The fourth-order valence-corrected chi connectivity index (χ4v) is 1.81. The molecule has 0 spiro atoms. The number of carbonyl (C=O) groups excluding carboxylic acids is 2. The van der Waals surface area contributed by atoms with E-state index in [-0.39, 0.29) is 6.42 Å². The summed E-state index contributed by atoms with van der Waals surface area (Å²) < 4.78 is 35.6. The Bertz CT molecular complexity index is 696. The predicted molar refractivity (Wildman–Crippen MR) is 68.2 cm³/mol. The number of halogens is 3. The van der Waals surface area contributed by atoms with Crippen molar-refractivity contribution in [2.75, 3.05) is 0 Å². The van der Waals surface area contributed by atoms with Crippen molar-refractivity contribution in [2.45, 2.75) is 18.6 Å². The number of carbonyl (C=O) groups is 2. The molecule has 0 amide bonds. The molecule has 9 heteroatoms. The van der Waals surface area contributed by atoms with Gasteiger partial charge in [-0.15, -0.1) is 0 Å². The fraction of sp³-hybridized carbons (Fsp3) is 0.231. The van der Waals surface area contributed by atoms with Gasteiger partial charge in [0.05, 0.1) is 0 Å². The number of nitrogens with two attached hydrogens (primary N) is 1. The number of rotatable bonds is 3. The first kappa shape index (κ1) is 15.8. The highest BCUT2D eigenvalue weighted by Gasteiger charge is 2.43. The van der Waals surface area contributed by atoms with E-state index in [4.69, 9.17) is 5.73 Å². The molecule has 2 aromatic rings. The van der Waals surface area contributed by atoms with Crippen LogP contribution in [0.3, 0.4) is 0 Å². The maximum Gasteiger partial charge on any atom is 0.495 e. The van der Waals surface area contributed by atoms with Gasteiger partial charge < -0.3 is 10.7 Å². The molecule has 0 saturated carbocycles. The van der Waals surface area contributed by atoms with Gasteiger partial charge >= 0.3 is 18.1 Å². The summed E-state index contributed by atoms with van der Waals surface area (Å²) in [4.78, 5) is 32.0. The molecule has 1 aromatic carbocycles. The van der Waals surface area contributed by atoms with Crippen LogP contribution < -0.4 is 5.73 Å². The van der Waals surface area contributed by atoms with Crippen molar-refractivity contribution in [3.8, 4) is 0 Å². The van der Waals surface area contributed by atoms with E-state index in [9.17, 15) is 22.8 Å². The standard InChI is InChI=1S/C13H11F3N2O4/c14-13(15,16)12(20)22-21-11(19)9(17)5-7-6-18-10-4-2-1-3-8(7)10/h1-4,6,9,18H,5,17H2. The summed E-state index contributed by atoms with van der Waals surface area (Å²) in [6.07, 6.45) is -3.62. The molecule has 0 aliphatic heterocycles. The number of hydrogen-bond acceptors (Lipinski definition) is 5. The third-order valence-electron chi connectivity index (χ3n) is 2.85. The minimum Gasteiger partial charge on any atom is -0.361 e. The first-order valence-electron chi connectivity index (χ1n) is 6.09. The second kappa shape index (κ2) is 6.06. The quantitative estimate of drug-likeness (QED) is 0.662. The Hall–Kier alpha value is -2.55. The lowest BCUT2D eigenvalue weighted by Crippen LogP contribution is -2.36. The van der Waals surface area contributed by atoms with Crippen LogP contribution in [0.5, 0.6) is 0 Å². The Morgan fingerprint density at radius 1 is 1.23 bits per heavy atom. The van der Waals surface area contributed by atoms with Crippen LogP contribution in [0.2, 0.25) is 0 Å². The maximum atomic E-state index is 11.9. The average Bonchev–Trinajstić information content (AvgIpc) is 2.86. The zero-order chi connectivity index (χ0) is 16.3. The van der Waals surface area contributed by atoms with E-state index in [1.54, 1.807) is 18.3 Å². The van der Waals surface area contributed by atoms with Crippen molar-refractivity contribution in [1.29, 1.82) is 0 Å². The van der Waals surface area contributed by atoms with E-state index in [2.05, 4.69) is 14.8 Å². The van der Waals surface area contributed by atoms with E-state index < -0.39 is 24.2 Å². The van der Waals surface area contributed by atoms with Crippen LogP contribution in [0, 0.1) is 0 Å². The molecule has 22 heavy (non-hydrogen) atoms. The smallest absolute Gasteiger partial charge is 0.361 e. The highest BCUT2D eigenvalue weighted by molar-refractivity contribution is 5.84. The molecule has 118 valence electrons. The molecule has 0 radical (unpaired) electrons. The Kier molecular flexibility index (Phi) is 4.36. The number of benzene rings is 1. The van der Waals surface area contributed by atoms with E-state index in [0.29, 0.717) is 5.56 Å². The van der Waals surface area contributed by atoms with Crippen molar-refractivity contribution in [1.82, 2.24) is 4.98 Å². The Labute approximate surface area is 121 Å². The van der Waals surface area contributed by atoms with Gasteiger partial charge in [-0.3, -0.25) is 0 Å². The van der Waals surface area contributed by atoms with Gasteiger partial charge in [0.2, 0.25) is 0 Å². The molecular formula is C13H11F3N2O4. The molecule has 1 unspecified atom stereocenters. The zero-order valence-electron chi connectivity index (χ0n) is 11.0. The van der Waals surface area contributed by atoms with E-state index >= 15 is 0 Å². The number of nitrogens with one attached hydrogen (secondary N) is 1. The topological polar surface area (TPSA) is 94.4 Å². The molecule has 1 atom stereocenters. The van der Waals surface area contributed by atoms with E-state index in [0.717, 1.165) is 10.9 Å². The lowest BCUT2D eigenvalue weighted by molar-refractivity contribution is -0.286. The van der Waals surface area contributed by atoms with Crippen molar-refractivity contribution in [2.24, 2.45) is 5.73 Å². The minimum absolute atomic E-state index is 0.00636. The number of hydrogen-bond donors (Lipinski definition) is 2. The first-order valence-corrected chi connectivity index (χ1v) is 6.09. The SMILES string of the molecule is NC(Cc1c[nH]c2ccccc12)C(=O)OOC(=O)C(F)(F)F. The van der Waals surface area contributed by atoms with Crippen molar-refractivity contribution < 1.29 is 32.5 Å². The number of aromatic amines is 1. The first-order chi connectivity index (χ1) is 10.3. The van der Waals surface area contributed by atoms with Gasteiger partial charge in [0.25, 0.3) is 0 Å². The van der Waals surface area contributed by atoms with Crippen LogP contribution in [0.25, 0.3) is 10.9 Å². The third-order valence-corrected chi connectivity index (χ3v) is 2.85. The lowest BCUT2D eigenvalue weighted by Gasteiger charge is -2.10. The maximum absolute atomic E-state index is 11.9. The molecule has 1 aromatic heterocycles. The highest BCUT2D eigenvalue weighted by atomic mass is 19.4. The number of para-hydroxylation sites is 1. The van der Waals surface area contributed by atoms with Crippen molar-refractivity contribution in [3.05, 3.63) is 36.0 Å². The molecule has 3 N–H and O–H groups in total. The molecule has 0 aliphatic rings. The van der Waals surface area contributed by atoms with Gasteiger partial charge in [-0.25, -0.2) is 19.4 Å². The normalized spacial score (nSPS) is 12.9. The van der Waals surface area contributed by atoms with Gasteiger partial charge in [-0.1, -0.05) is 18.2 Å². The largest absolute Gasteiger partial charge is 0.495 e. The monoisotopic (exact) mass is 316 g/mol. The molecule has 0 aliphatic carbocycles. The highest BCUT2D eigenvalue weighted by Crippen LogP contribution is 2.19. The van der Waals surface area contributed by atoms with Gasteiger partial charge in [0.1, 0.15) is 6.04 Å². The fourth-order valence-electron chi connectivity index (χ4n) is 1.81. The minimum atomic E-state index is -5.25. The summed E-state index contributed by atoms with van der Waals surface area (Å²) in [5.74, 6) is -3.90. The number of aromatic nitrogens is 1. The van der Waals surface area contributed by atoms with Crippen LogP contribution in [0.1, 0.15) is 5.56 Å². The summed E-state index contributed by atoms with van der Waals surface area (Å²) in [6.45, 7) is 0. The number of alkyl halides is 3. The molecular weight excluding hydrogens is 305 g/mol. The average molecular weight is 316 g/mol. The summed E-state index contributed by atoms with van der Waals surface area (Å²) in [5, 5.41) is 0.818. The van der Waals surface area contributed by atoms with Crippen LogP contribution in [-0.4, -0.2) is 29.1 Å². The van der Waals surface area contributed by atoms with E-state index in [1.807, 2.05) is 12.1 Å². The molecule has 1 heterocycles. The second-order valence-corrected chi connectivity index (χ2v) is 4.44. The summed E-state index contributed by atoms with van der Waals surface area (Å²) >= 11 is 0. The predicted octanol–water partition coefficient (Wildman–Crippen LogP) is 1.60. The van der Waals surface area contributed by atoms with E-state index in [1.165, 1.54) is 0 Å². The van der Waals surface area contributed by atoms with Crippen LogP contribution >= 0.6 is 0 Å². The molecule has 6 nitrogen and oxygen atoms in total. The molecule has 0 bridgehead atoms. The van der Waals surface area contributed by atoms with Gasteiger partial charge in [0, 0.05) is 23.5 Å². The zero-order valence-corrected chi connectivity index (χ0v) is 11.0. The van der Waals surface area contributed by atoms with Crippen LogP contribution in [0.15, 0.2) is 30.5 Å². The van der Waals surface area contributed by atoms with Crippen LogP contribution in [-0.2, 0) is 25.8 Å². The van der Waals surface area contributed by atoms with Crippen molar-refractivity contribution in [3.63, 3.8) is 0 Å². The number of fused-ring (bicyclic) bond motifs is 1. The second-order valence-electron chi connectivity index (χ2n) is 4.44. The number of H-pyrrole nitrogens is 1. The Balaban J connectivity index is 1.96. The summed E-state index contributed by atoms with van der Waals surface area (Å²) in [6, 6.07) is 5.93. The van der Waals surface area contributed by atoms with Crippen LogP contribution in [0.4, 0.5) is 13.2 Å². The Morgan fingerprint density at radius 2 is 1.91 bits per heavy atom. The van der Waals surface area contributed by atoms with Crippen molar-refractivity contribution >= 4 is 22.8 Å². The summed E-state index contributed by atoms with van der Waals surface area (Å²) in [7, 11) is 0. The van der Waals surface area contributed by atoms with Gasteiger partial charge in [-0.2, -0.15) is 13.2 Å². The van der Waals surface area contributed by atoms with Gasteiger partial charge in [0.15, 0.2) is 0 Å². The molecule has 0 saturated heterocycles. The Morgan fingerprint density at radius 3 is 2.59 bits per heavy atom. The molecule has 0 fully saturated rings.